The van der Waals surface area contributed by atoms with Crippen molar-refractivity contribution in [3.8, 4) is 0 Å². The molecule has 0 radical (unpaired) electrons. The first kappa shape index (κ1) is 29.3. The number of H-pyrrole nitrogens is 2. The number of hydrogen-bond acceptors (Lipinski definition) is 0. The second-order valence-corrected chi connectivity index (χ2v) is 1.77. The van der Waals surface area contributed by atoms with Gasteiger partial charge in [-0.05, 0) is 24.3 Å². The molecule has 2 nitrogen and oxygen atoms in total. The van der Waals surface area contributed by atoms with Gasteiger partial charge in [-0.15, -0.1) is 0 Å². The standard InChI is InChI=1S/2C4H5N.B.3ClH.FH/c2*1-2-4-5-3-1;;;;;/h2*1-5H;;4*1H/q;;+3;;;;/p-3. The summed E-state index contributed by atoms with van der Waals surface area (Å²) in [7, 11) is 0. The number of hydrogen-bond donors (Lipinski definition) is 2. The topological polar surface area (TPSA) is 31.6 Å². The van der Waals surface area contributed by atoms with E-state index < -0.39 is 0 Å². The molecular formula is C8H11BCl3FN2. The molecule has 0 spiro atoms. The predicted octanol–water partition coefficient (Wildman–Crippen LogP) is -7.19. The molecule has 0 unspecified atom stereocenters. The zero-order valence-corrected chi connectivity index (χ0v) is 10.0. The molecule has 0 aliphatic rings. The number of rotatable bonds is 0. The Kier molecular flexibility index (Phi) is 45.5. The van der Waals surface area contributed by atoms with E-state index in [4.69, 9.17) is 0 Å². The molecule has 15 heavy (non-hydrogen) atoms. The molecule has 2 aromatic rings. The minimum Gasteiger partial charge on any atom is -1.00 e. The summed E-state index contributed by atoms with van der Waals surface area (Å²) in [5.41, 5.74) is 0. The Labute approximate surface area is 109 Å². The van der Waals surface area contributed by atoms with Crippen LogP contribution in [-0.4, -0.2) is 18.4 Å². The summed E-state index contributed by atoms with van der Waals surface area (Å²) >= 11 is 0. The van der Waals surface area contributed by atoms with Crippen molar-refractivity contribution in [1.29, 1.82) is 0 Å². The molecule has 0 saturated carbocycles. The first-order valence-corrected chi connectivity index (χ1v) is 3.15. The summed E-state index contributed by atoms with van der Waals surface area (Å²) in [5, 5.41) is 0. The van der Waals surface area contributed by atoms with Gasteiger partial charge in [0, 0.05) is 24.8 Å². The molecule has 2 heterocycles. The van der Waals surface area contributed by atoms with Crippen molar-refractivity contribution in [2.45, 2.75) is 0 Å². The van der Waals surface area contributed by atoms with Crippen LogP contribution in [-0.2, 0) is 0 Å². The average Bonchev–Trinajstić information content (AvgIpc) is 2.67. The third-order valence-electron chi connectivity index (χ3n) is 0.992. The van der Waals surface area contributed by atoms with Gasteiger partial charge in [0.15, 0.2) is 0 Å². The van der Waals surface area contributed by atoms with Crippen molar-refractivity contribution in [2.24, 2.45) is 0 Å². The molecule has 0 amide bonds. The maximum atomic E-state index is 2.86. The largest absolute Gasteiger partial charge is 3.00 e. The molecule has 2 rings (SSSR count). The molecule has 2 N–H and O–H groups in total. The number of halogens is 4. The van der Waals surface area contributed by atoms with Gasteiger partial charge in [0.05, 0.1) is 0 Å². The fourth-order valence-electron chi connectivity index (χ4n) is 0.556. The van der Waals surface area contributed by atoms with Gasteiger partial charge in [0.1, 0.15) is 0 Å². The van der Waals surface area contributed by atoms with Crippen molar-refractivity contribution in [1.82, 2.24) is 9.97 Å². The Bertz CT molecular complexity index is 167. The summed E-state index contributed by atoms with van der Waals surface area (Å²) in [5.74, 6) is 0. The Morgan fingerprint density at radius 2 is 0.733 bits per heavy atom. The second kappa shape index (κ2) is 23.3. The van der Waals surface area contributed by atoms with Gasteiger partial charge in [0.25, 0.3) is 0 Å². The number of aromatic amines is 2. The number of nitrogens with one attached hydrogen (secondary N) is 2. The van der Waals surface area contributed by atoms with Crippen LogP contribution in [0.15, 0.2) is 49.1 Å². The summed E-state index contributed by atoms with van der Waals surface area (Å²) in [6, 6.07) is 7.78. The monoisotopic (exact) mass is 270 g/mol. The minimum atomic E-state index is 0. The van der Waals surface area contributed by atoms with Gasteiger partial charge in [0.2, 0.25) is 0 Å². The van der Waals surface area contributed by atoms with Crippen LogP contribution >= 0.6 is 0 Å². The maximum absolute atomic E-state index is 2.86. The van der Waals surface area contributed by atoms with Gasteiger partial charge in [-0.3, -0.25) is 4.70 Å². The van der Waals surface area contributed by atoms with Crippen LogP contribution in [0.3, 0.4) is 0 Å². The van der Waals surface area contributed by atoms with Crippen molar-refractivity contribution >= 4 is 8.41 Å². The van der Waals surface area contributed by atoms with E-state index in [2.05, 4.69) is 9.97 Å². The third kappa shape index (κ3) is 19.7. The van der Waals surface area contributed by atoms with E-state index in [9.17, 15) is 0 Å². The Morgan fingerprint density at radius 1 is 0.533 bits per heavy atom. The van der Waals surface area contributed by atoms with Gasteiger partial charge >= 0.3 is 8.41 Å². The van der Waals surface area contributed by atoms with Gasteiger partial charge in [-0.1, -0.05) is 0 Å². The Morgan fingerprint density at radius 3 is 0.800 bits per heavy atom. The van der Waals surface area contributed by atoms with Crippen LogP contribution in [0.1, 0.15) is 0 Å². The van der Waals surface area contributed by atoms with Crippen LogP contribution in [0.5, 0.6) is 0 Å². The van der Waals surface area contributed by atoms with E-state index in [1.54, 1.807) is 0 Å². The SMILES string of the molecule is F.[B+3].[Cl-].[Cl-].[Cl-].c1cc[nH]c1.c1cc[nH]c1. The zero-order valence-electron chi connectivity index (χ0n) is 7.74. The van der Waals surface area contributed by atoms with Crippen molar-refractivity contribution in [3.63, 3.8) is 0 Å². The van der Waals surface area contributed by atoms with Gasteiger partial charge < -0.3 is 47.2 Å². The van der Waals surface area contributed by atoms with E-state index in [1.165, 1.54) is 0 Å². The Balaban J connectivity index is -0.0000000333. The van der Waals surface area contributed by atoms with E-state index in [0.29, 0.717) is 0 Å². The quantitative estimate of drug-likeness (QED) is 0.446. The minimum absolute atomic E-state index is 0. The van der Waals surface area contributed by atoms with Crippen molar-refractivity contribution in [2.75, 3.05) is 0 Å². The predicted molar refractivity (Wildman–Crippen MR) is 49.8 cm³/mol. The summed E-state index contributed by atoms with van der Waals surface area (Å²) in [6.07, 6.45) is 7.50. The fraction of sp³-hybridized carbons (Fsp3) is 0. The molecule has 0 saturated heterocycles. The first-order chi connectivity index (χ1) is 5.00. The molecule has 0 aromatic carbocycles. The van der Waals surface area contributed by atoms with E-state index >= 15 is 0 Å². The molecule has 0 fully saturated rings. The molecule has 0 atom stereocenters. The van der Waals surface area contributed by atoms with Crippen molar-refractivity contribution in [3.05, 3.63) is 49.1 Å². The molecule has 2 aromatic heterocycles. The van der Waals surface area contributed by atoms with E-state index in [-0.39, 0.29) is 50.3 Å². The van der Waals surface area contributed by atoms with Crippen LogP contribution in [0.25, 0.3) is 0 Å². The van der Waals surface area contributed by atoms with Crippen LogP contribution in [0, 0.1) is 0 Å². The average molecular weight is 271 g/mol. The fourth-order valence-corrected chi connectivity index (χ4v) is 0.556. The van der Waals surface area contributed by atoms with Crippen molar-refractivity contribution < 1.29 is 41.9 Å². The Hall–Kier alpha value is -0.575. The zero-order chi connectivity index (χ0) is 7.07. The number of aromatic nitrogens is 2. The summed E-state index contributed by atoms with van der Waals surface area (Å²) in [6.45, 7) is 0. The molecule has 7 heteroatoms. The third-order valence-corrected chi connectivity index (χ3v) is 0.992. The molecule has 84 valence electrons. The van der Waals surface area contributed by atoms with Gasteiger partial charge in [-0.2, -0.15) is 0 Å². The molecule has 0 aliphatic carbocycles. The molecule has 0 bridgehead atoms. The van der Waals surface area contributed by atoms with Crippen LogP contribution < -0.4 is 37.2 Å². The molecular weight excluding hydrogens is 260 g/mol. The second-order valence-electron chi connectivity index (χ2n) is 1.77. The first-order valence-electron chi connectivity index (χ1n) is 3.15. The maximum Gasteiger partial charge on any atom is 3.00 e. The van der Waals surface area contributed by atoms with E-state index in [1.807, 2.05) is 49.1 Å². The van der Waals surface area contributed by atoms with Crippen LogP contribution in [0.4, 0.5) is 4.70 Å². The van der Waals surface area contributed by atoms with Crippen LogP contribution in [0.2, 0.25) is 0 Å². The van der Waals surface area contributed by atoms with E-state index in [0.717, 1.165) is 0 Å². The normalized spacial score (nSPS) is 5.33. The smallest absolute Gasteiger partial charge is 1.00 e. The molecule has 0 aliphatic heterocycles. The summed E-state index contributed by atoms with van der Waals surface area (Å²) in [4.78, 5) is 5.72. The summed E-state index contributed by atoms with van der Waals surface area (Å²) < 4.78 is 0. The van der Waals surface area contributed by atoms with Gasteiger partial charge in [-0.25, -0.2) is 0 Å².